The van der Waals surface area contributed by atoms with E-state index in [1.54, 1.807) is 18.2 Å². The van der Waals surface area contributed by atoms with Crippen LogP contribution in [0.4, 0.5) is 10.5 Å². The smallest absolute Gasteiger partial charge is 0.411 e. The van der Waals surface area contributed by atoms with Crippen LogP contribution in [0.2, 0.25) is 0 Å². The zero-order valence-electron chi connectivity index (χ0n) is 13.0. The number of methoxy groups -OCH3 is 1. The Balaban J connectivity index is 1.91. The molecule has 2 rings (SSSR count). The van der Waals surface area contributed by atoms with Crippen molar-refractivity contribution in [1.82, 2.24) is 5.32 Å². The predicted molar refractivity (Wildman–Crippen MR) is 83.6 cm³/mol. The van der Waals surface area contributed by atoms with Gasteiger partial charge in [0.25, 0.3) is 0 Å². The summed E-state index contributed by atoms with van der Waals surface area (Å²) in [6.07, 6.45) is 1.53. The number of nitrogens with one attached hydrogen (secondary N) is 2. The van der Waals surface area contributed by atoms with Gasteiger partial charge in [0.1, 0.15) is 5.75 Å². The Hall–Kier alpha value is -2.08. The highest BCUT2D eigenvalue weighted by atomic mass is 16.5. The minimum absolute atomic E-state index is 0.0571. The van der Waals surface area contributed by atoms with E-state index >= 15 is 0 Å². The van der Waals surface area contributed by atoms with Gasteiger partial charge in [-0.1, -0.05) is 0 Å². The van der Waals surface area contributed by atoms with Crippen LogP contribution in [0.25, 0.3) is 0 Å². The molecule has 1 aliphatic rings. The van der Waals surface area contributed by atoms with Crippen molar-refractivity contribution in [3.8, 4) is 5.75 Å². The van der Waals surface area contributed by atoms with E-state index in [-0.39, 0.29) is 5.78 Å². The molecule has 0 unspecified atom stereocenters. The number of Topliss-reactive ketones (excluding diaryl/α,β-unsaturated/α-hetero) is 1. The molecule has 1 amide bonds. The third-order valence-electron chi connectivity index (χ3n) is 3.75. The molecule has 0 aliphatic carbocycles. The Labute approximate surface area is 130 Å². The summed E-state index contributed by atoms with van der Waals surface area (Å²) in [4.78, 5) is 23.2. The van der Waals surface area contributed by atoms with Crippen LogP contribution in [0, 0.1) is 5.92 Å². The van der Waals surface area contributed by atoms with E-state index < -0.39 is 6.09 Å². The molecule has 1 aromatic carbocycles. The van der Waals surface area contributed by atoms with Gasteiger partial charge in [0, 0.05) is 5.56 Å². The summed E-state index contributed by atoms with van der Waals surface area (Å²) in [5.41, 5.74) is 1.02. The third kappa shape index (κ3) is 4.46. The molecule has 6 heteroatoms. The summed E-state index contributed by atoms with van der Waals surface area (Å²) in [6.45, 7) is 3.84. The van der Waals surface area contributed by atoms with Gasteiger partial charge in [-0.25, -0.2) is 4.79 Å². The molecule has 6 nitrogen and oxygen atoms in total. The molecule has 120 valence electrons. The largest absolute Gasteiger partial charge is 0.495 e. The Morgan fingerprint density at radius 2 is 2.05 bits per heavy atom. The number of ketones is 1. The van der Waals surface area contributed by atoms with Gasteiger partial charge in [0.15, 0.2) is 5.78 Å². The molecule has 0 aromatic heterocycles. The number of hydrogen-bond donors (Lipinski definition) is 2. The summed E-state index contributed by atoms with van der Waals surface area (Å²) >= 11 is 0. The van der Waals surface area contributed by atoms with E-state index in [0.717, 1.165) is 25.9 Å². The van der Waals surface area contributed by atoms with E-state index in [0.29, 0.717) is 29.5 Å². The van der Waals surface area contributed by atoms with Gasteiger partial charge < -0.3 is 14.8 Å². The van der Waals surface area contributed by atoms with Gasteiger partial charge in [0.05, 0.1) is 19.4 Å². The number of rotatable bonds is 5. The van der Waals surface area contributed by atoms with Crippen molar-refractivity contribution in [3.05, 3.63) is 23.8 Å². The normalized spacial score (nSPS) is 15.2. The lowest BCUT2D eigenvalue weighted by Crippen LogP contribution is -2.31. The highest BCUT2D eigenvalue weighted by Crippen LogP contribution is 2.26. The van der Waals surface area contributed by atoms with E-state index in [2.05, 4.69) is 10.6 Å². The number of amides is 1. The molecule has 0 saturated carbocycles. The molecule has 1 aliphatic heterocycles. The molecule has 0 spiro atoms. The van der Waals surface area contributed by atoms with Gasteiger partial charge in [-0.3, -0.25) is 10.1 Å². The van der Waals surface area contributed by atoms with E-state index in [4.69, 9.17) is 9.47 Å². The van der Waals surface area contributed by atoms with Crippen molar-refractivity contribution in [3.63, 3.8) is 0 Å². The van der Waals surface area contributed by atoms with Crippen LogP contribution >= 0.6 is 0 Å². The average molecular weight is 306 g/mol. The van der Waals surface area contributed by atoms with Crippen molar-refractivity contribution >= 4 is 17.6 Å². The number of carbonyl (C=O) groups excluding carboxylic acids is 2. The number of ether oxygens (including phenoxy) is 2. The van der Waals surface area contributed by atoms with Crippen LogP contribution in [0.3, 0.4) is 0 Å². The Bertz CT molecular complexity index is 539. The highest BCUT2D eigenvalue weighted by Gasteiger charge is 2.16. The van der Waals surface area contributed by atoms with Crippen LogP contribution in [0.1, 0.15) is 30.1 Å². The molecular weight excluding hydrogens is 284 g/mol. The average Bonchev–Trinajstić information content (AvgIpc) is 2.54. The second kappa shape index (κ2) is 7.79. The topological polar surface area (TPSA) is 76.7 Å². The molecule has 0 radical (unpaired) electrons. The minimum atomic E-state index is -0.507. The van der Waals surface area contributed by atoms with Crippen molar-refractivity contribution < 1.29 is 19.1 Å². The lowest BCUT2D eigenvalue weighted by atomic mass is 9.99. The fourth-order valence-corrected chi connectivity index (χ4v) is 2.40. The van der Waals surface area contributed by atoms with Gasteiger partial charge in [0.2, 0.25) is 0 Å². The van der Waals surface area contributed by atoms with E-state index in [1.807, 2.05) is 0 Å². The summed E-state index contributed by atoms with van der Waals surface area (Å²) < 4.78 is 10.5. The zero-order valence-corrected chi connectivity index (χ0v) is 13.0. The van der Waals surface area contributed by atoms with Gasteiger partial charge in [-0.05, 0) is 57.0 Å². The van der Waals surface area contributed by atoms with E-state index in [1.165, 1.54) is 14.0 Å². The molecule has 1 fully saturated rings. The minimum Gasteiger partial charge on any atom is -0.495 e. The van der Waals surface area contributed by atoms with Gasteiger partial charge >= 0.3 is 6.09 Å². The maximum Gasteiger partial charge on any atom is 0.411 e. The molecule has 0 bridgehead atoms. The van der Waals surface area contributed by atoms with Crippen molar-refractivity contribution in [2.45, 2.75) is 19.8 Å². The standard InChI is InChI=1S/C16H22N2O4/c1-11(19)13-3-4-14(15(9-13)21-2)18-16(20)22-10-12-5-7-17-8-6-12/h3-4,9,12,17H,5-8,10H2,1-2H3,(H,18,20). The zero-order chi connectivity index (χ0) is 15.9. The molecular formula is C16H22N2O4. The number of benzene rings is 1. The second-order valence-corrected chi connectivity index (χ2v) is 5.39. The Morgan fingerprint density at radius 3 is 2.68 bits per heavy atom. The van der Waals surface area contributed by atoms with Crippen molar-refractivity contribution in [2.24, 2.45) is 5.92 Å². The van der Waals surface area contributed by atoms with Crippen molar-refractivity contribution in [2.75, 3.05) is 32.1 Å². The molecule has 1 aromatic rings. The highest BCUT2D eigenvalue weighted by molar-refractivity contribution is 5.96. The monoisotopic (exact) mass is 306 g/mol. The third-order valence-corrected chi connectivity index (χ3v) is 3.75. The first kappa shape index (κ1) is 16.3. The summed E-state index contributed by atoms with van der Waals surface area (Å²) in [7, 11) is 1.49. The van der Waals surface area contributed by atoms with Crippen molar-refractivity contribution in [1.29, 1.82) is 0 Å². The molecule has 0 atom stereocenters. The van der Waals surface area contributed by atoms with E-state index in [9.17, 15) is 9.59 Å². The van der Waals surface area contributed by atoms with Crippen LogP contribution < -0.4 is 15.4 Å². The quantitative estimate of drug-likeness (QED) is 0.817. The lowest BCUT2D eigenvalue weighted by molar-refractivity contribution is 0.101. The summed E-state index contributed by atoms with van der Waals surface area (Å²) in [5.74, 6) is 0.791. The van der Waals surface area contributed by atoms with Crippen LogP contribution in [-0.2, 0) is 4.74 Å². The second-order valence-electron chi connectivity index (χ2n) is 5.39. The number of carbonyl (C=O) groups is 2. The SMILES string of the molecule is COc1cc(C(C)=O)ccc1NC(=O)OCC1CCNCC1. The van der Waals surface area contributed by atoms with Crippen LogP contribution in [0.15, 0.2) is 18.2 Å². The Morgan fingerprint density at radius 1 is 1.32 bits per heavy atom. The van der Waals surface area contributed by atoms with Gasteiger partial charge in [-0.15, -0.1) is 0 Å². The lowest BCUT2D eigenvalue weighted by Gasteiger charge is -2.22. The Kier molecular flexibility index (Phi) is 5.77. The summed E-state index contributed by atoms with van der Waals surface area (Å²) in [5, 5.41) is 5.93. The molecule has 1 saturated heterocycles. The predicted octanol–water partition coefficient (Wildman–Crippen LogP) is 2.45. The van der Waals surface area contributed by atoms with Gasteiger partial charge in [-0.2, -0.15) is 0 Å². The fraction of sp³-hybridized carbons (Fsp3) is 0.500. The first-order valence-corrected chi connectivity index (χ1v) is 7.43. The molecule has 1 heterocycles. The van der Waals surface area contributed by atoms with Crippen LogP contribution in [-0.4, -0.2) is 38.7 Å². The first-order chi connectivity index (χ1) is 10.6. The number of piperidine rings is 1. The maximum absolute atomic E-state index is 11.9. The number of hydrogen-bond acceptors (Lipinski definition) is 5. The number of anilines is 1. The van der Waals surface area contributed by atoms with Crippen LogP contribution in [0.5, 0.6) is 5.75 Å². The molecule has 2 N–H and O–H groups in total. The summed E-state index contributed by atoms with van der Waals surface area (Å²) in [6, 6.07) is 4.89. The maximum atomic E-state index is 11.9. The first-order valence-electron chi connectivity index (χ1n) is 7.43. The fourth-order valence-electron chi connectivity index (χ4n) is 2.40. The molecule has 22 heavy (non-hydrogen) atoms.